The van der Waals surface area contributed by atoms with Crippen LogP contribution in [0.3, 0.4) is 0 Å². The van der Waals surface area contributed by atoms with Crippen LogP contribution in [0.4, 0.5) is 0 Å². The van der Waals surface area contributed by atoms with Crippen molar-refractivity contribution in [2.45, 2.75) is 59.0 Å². The summed E-state index contributed by atoms with van der Waals surface area (Å²) in [5, 5.41) is 7.09. The van der Waals surface area contributed by atoms with E-state index in [2.05, 4.69) is 20.4 Å². The normalized spacial score (nSPS) is 19.9. The Morgan fingerprint density at radius 1 is 1.33 bits per heavy atom. The maximum absolute atomic E-state index is 12.5. The minimum atomic E-state index is 0.0365. The standard InChI is InChI=1S/C20H28N4O3/c1-12-13(2)24-27-19(12)17-11-22-14(3)23-18(17)8-9-21-20(25)15-6-5-7-16(10-15)26-4/h11,15-16H,5-10H2,1-4H3,(H,21,25)/t15-,16+/m1/s1. The van der Waals surface area contributed by atoms with E-state index in [1.807, 2.05) is 20.8 Å². The Kier molecular flexibility index (Phi) is 6.21. The molecule has 2 aromatic rings. The summed E-state index contributed by atoms with van der Waals surface area (Å²) in [6, 6.07) is 0. The van der Waals surface area contributed by atoms with Crippen LogP contribution in [0.1, 0.15) is 48.5 Å². The number of methoxy groups -OCH3 is 1. The van der Waals surface area contributed by atoms with Gasteiger partial charge in [-0.05, 0) is 40.0 Å². The van der Waals surface area contributed by atoms with Gasteiger partial charge in [0.25, 0.3) is 0 Å². The predicted octanol–water partition coefficient (Wildman–Crippen LogP) is 2.92. The van der Waals surface area contributed by atoms with Crippen molar-refractivity contribution in [2.75, 3.05) is 13.7 Å². The second-order valence-electron chi connectivity index (χ2n) is 7.26. The molecular weight excluding hydrogens is 344 g/mol. The Bertz CT molecular complexity index is 803. The van der Waals surface area contributed by atoms with Crippen molar-refractivity contribution >= 4 is 5.91 Å². The summed E-state index contributed by atoms with van der Waals surface area (Å²) in [6.45, 7) is 6.27. The first-order valence-corrected chi connectivity index (χ1v) is 9.55. The number of amides is 1. The van der Waals surface area contributed by atoms with Crippen LogP contribution in [0.15, 0.2) is 10.7 Å². The molecule has 1 aliphatic rings. The van der Waals surface area contributed by atoms with Gasteiger partial charge in [0, 0.05) is 37.8 Å². The van der Waals surface area contributed by atoms with Gasteiger partial charge >= 0.3 is 0 Å². The number of nitrogens with one attached hydrogen (secondary N) is 1. The maximum atomic E-state index is 12.5. The van der Waals surface area contributed by atoms with Crippen molar-refractivity contribution in [1.29, 1.82) is 0 Å². The minimum absolute atomic E-state index is 0.0365. The molecule has 2 heterocycles. The van der Waals surface area contributed by atoms with Gasteiger partial charge in [-0.25, -0.2) is 9.97 Å². The molecule has 1 amide bonds. The van der Waals surface area contributed by atoms with E-state index < -0.39 is 0 Å². The molecule has 7 heteroatoms. The average molecular weight is 372 g/mol. The van der Waals surface area contributed by atoms with Gasteiger partial charge in [0.1, 0.15) is 5.82 Å². The highest BCUT2D eigenvalue weighted by atomic mass is 16.5. The fourth-order valence-electron chi connectivity index (χ4n) is 3.61. The smallest absolute Gasteiger partial charge is 0.223 e. The molecule has 1 aliphatic carbocycles. The van der Waals surface area contributed by atoms with E-state index in [1.54, 1.807) is 13.3 Å². The van der Waals surface area contributed by atoms with E-state index in [1.165, 1.54) is 0 Å². The van der Waals surface area contributed by atoms with Crippen LogP contribution in [-0.2, 0) is 16.0 Å². The van der Waals surface area contributed by atoms with Gasteiger partial charge in [-0.15, -0.1) is 0 Å². The summed E-state index contributed by atoms with van der Waals surface area (Å²) in [5.74, 6) is 1.54. The van der Waals surface area contributed by atoms with Crippen molar-refractivity contribution < 1.29 is 14.1 Å². The fraction of sp³-hybridized carbons (Fsp3) is 0.600. The molecule has 27 heavy (non-hydrogen) atoms. The zero-order chi connectivity index (χ0) is 19.4. The Balaban J connectivity index is 1.65. The van der Waals surface area contributed by atoms with Crippen molar-refractivity contribution in [3.8, 4) is 11.3 Å². The van der Waals surface area contributed by atoms with Crippen molar-refractivity contribution in [2.24, 2.45) is 5.92 Å². The maximum Gasteiger partial charge on any atom is 0.223 e. The lowest BCUT2D eigenvalue weighted by Crippen LogP contribution is -2.36. The number of hydrogen-bond donors (Lipinski definition) is 1. The molecule has 0 spiro atoms. The van der Waals surface area contributed by atoms with Crippen molar-refractivity contribution in [1.82, 2.24) is 20.4 Å². The molecule has 0 saturated heterocycles. The lowest BCUT2D eigenvalue weighted by atomic mass is 9.86. The molecule has 0 unspecified atom stereocenters. The van der Waals surface area contributed by atoms with Crippen LogP contribution in [0, 0.1) is 26.7 Å². The second-order valence-corrected chi connectivity index (χ2v) is 7.26. The van der Waals surface area contributed by atoms with Crippen molar-refractivity contribution in [3.05, 3.63) is 29.0 Å². The molecule has 3 rings (SSSR count). The van der Waals surface area contributed by atoms with E-state index >= 15 is 0 Å². The zero-order valence-electron chi connectivity index (χ0n) is 16.5. The van der Waals surface area contributed by atoms with Gasteiger partial charge in [0.05, 0.1) is 23.1 Å². The Morgan fingerprint density at radius 3 is 2.85 bits per heavy atom. The number of aryl methyl sites for hydroxylation is 2. The molecule has 0 aliphatic heterocycles. The highest BCUT2D eigenvalue weighted by Crippen LogP contribution is 2.28. The molecule has 0 radical (unpaired) electrons. The van der Waals surface area contributed by atoms with E-state index in [9.17, 15) is 4.79 Å². The molecule has 7 nitrogen and oxygen atoms in total. The first-order valence-electron chi connectivity index (χ1n) is 9.55. The number of nitrogens with zero attached hydrogens (tertiary/aromatic N) is 3. The highest BCUT2D eigenvalue weighted by Gasteiger charge is 2.27. The summed E-state index contributed by atoms with van der Waals surface area (Å²) >= 11 is 0. The Morgan fingerprint density at radius 2 is 2.15 bits per heavy atom. The third kappa shape index (κ3) is 4.53. The van der Waals surface area contributed by atoms with Crippen LogP contribution in [0.2, 0.25) is 0 Å². The summed E-state index contributed by atoms with van der Waals surface area (Å²) in [6.07, 6.45) is 6.40. The average Bonchev–Trinajstić information content (AvgIpc) is 3.00. The molecule has 0 aromatic carbocycles. The van der Waals surface area contributed by atoms with Gasteiger partial charge in [-0.2, -0.15) is 0 Å². The number of ether oxygens (including phenoxy) is 1. The van der Waals surface area contributed by atoms with E-state index in [0.717, 1.165) is 48.2 Å². The van der Waals surface area contributed by atoms with Gasteiger partial charge in [0.2, 0.25) is 5.91 Å². The van der Waals surface area contributed by atoms with Crippen LogP contribution < -0.4 is 5.32 Å². The highest BCUT2D eigenvalue weighted by molar-refractivity contribution is 5.78. The third-order valence-corrected chi connectivity index (χ3v) is 5.38. The van der Waals surface area contributed by atoms with Crippen LogP contribution in [0.5, 0.6) is 0 Å². The molecular formula is C20H28N4O3. The predicted molar refractivity (Wildman–Crippen MR) is 101 cm³/mol. The number of rotatable bonds is 6. The fourth-order valence-corrected chi connectivity index (χ4v) is 3.61. The molecule has 2 aromatic heterocycles. The van der Waals surface area contributed by atoms with E-state index in [4.69, 9.17) is 9.26 Å². The van der Waals surface area contributed by atoms with Crippen LogP contribution in [-0.4, -0.2) is 40.8 Å². The van der Waals surface area contributed by atoms with Gasteiger partial charge in [-0.3, -0.25) is 4.79 Å². The first-order chi connectivity index (χ1) is 13.0. The Hall–Kier alpha value is -2.28. The lowest BCUT2D eigenvalue weighted by molar-refractivity contribution is -0.127. The quantitative estimate of drug-likeness (QED) is 0.838. The summed E-state index contributed by atoms with van der Waals surface area (Å²) in [4.78, 5) is 21.4. The van der Waals surface area contributed by atoms with E-state index in [0.29, 0.717) is 24.6 Å². The lowest BCUT2D eigenvalue weighted by Gasteiger charge is -2.27. The van der Waals surface area contributed by atoms with Gasteiger partial charge in [-0.1, -0.05) is 11.6 Å². The topological polar surface area (TPSA) is 90.1 Å². The molecule has 146 valence electrons. The SMILES string of the molecule is CO[C@H]1CCC[C@@H](C(=O)NCCc2nc(C)ncc2-c2onc(C)c2C)C1. The largest absolute Gasteiger partial charge is 0.381 e. The first kappa shape index (κ1) is 19.5. The zero-order valence-corrected chi connectivity index (χ0v) is 16.5. The second kappa shape index (κ2) is 8.61. The van der Waals surface area contributed by atoms with E-state index in [-0.39, 0.29) is 17.9 Å². The molecule has 1 fully saturated rings. The molecule has 0 bridgehead atoms. The number of carbonyl (C=O) groups excluding carboxylic acids is 1. The monoisotopic (exact) mass is 372 g/mol. The number of hydrogen-bond acceptors (Lipinski definition) is 6. The summed E-state index contributed by atoms with van der Waals surface area (Å²) in [7, 11) is 1.72. The summed E-state index contributed by atoms with van der Waals surface area (Å²) < 4.78 is 10.9. The molecule has 1 saturated carbocycles. The number of aromatic nitrogens is 3. The Labute approximate surface area is 159 Å². The van der Waals surface area contributed by atoms with Crippen molar-refractivity contribution in [3.63, 3.8) is 0 Å². The summed E-state index contributed by atoms with van der Waals surface area (Å²) in [5.41, 5.74) is 3.54. The van der Waals surface area contributed by atoms with Gasteiger partial charge < -0.3 is 14.6 Å². The molecule has 2 atom stereocenters. The van der Waals surface area contributed by atoms with Gasteiger partial charge in [0.15, 0.2) is 5.76 Å². The van der Waals surface area contributed by atoms with Crippen LogP contribution >= 0.6 is 0 Å². The minimum Gasteiger partial charge on any atom is -0.381 e. The third-order valence-electron chi connectivity index (χ3n) is 5.38. The number of carbonyl (C=O) groups is 1. The molecule has 1 N–H and O–H groups in total. The van der Waals surface area contributed by atoms with Crippen LogP contribution in [0.25, 0.3) is 11.3 Å².